The Kier molecular flexibility index (Phi) is 5.45. The summed E-state index contributed by atoms with van der Waals surface area (Å²) in [5.41, 5.74) is 2.64. The van der Waals surface area contributed by atoms with E-state index in [0.29, 0.717) is 19.1 Å². The molecule has 0 amide bonds. The number of likely N-dealkylation sites (tertiary alicyclic amines) is 1. The van der Waals surface area contributed by atoms with Gasteiger partial charge in [-0.1, -0.05) is 0 Å². The zero-order valence-electron chi connectivity index (χ0n) is 16.3. The highest BCUT2D eigenvalue weighted by atomic mass is 16.5. The molecular weight excluding hydrogens is 354 g/mol. The van der Waals surface area contributed by atoms with Gasteiger partial charge >= 0.3 is 0 Å². The first kappa shape index (κ1) is 18.7. The number of aryl methyl sites for hydroxylation is 1. The van der Waals surface area contributed by atoms with Crippen LogP contribution in [0.4, 0.5) is 0 Å². The second-order valence-electron chi connectivity index (χ2n) is 7.42. The van der Waals surface area contributed by atoms with Crippen LogP contribution in [0.25, 0.3) is 22.0 Å². The van der Waals surface area contributed by atoms with Crippen LogP contribution < -0.4 is 0 Å². The van der Waals surface area contributed by atoms with Gasteiger partial charge in [-0.05, 0) is 30.4 Å². The predicted octanol–water partition coefficient (Wildman–Crippen LogP) is 2.25. The van der Waals surface area contributed by atoms with Crippen LogP contribution in [0.1, 0.15) is 18.5 Å². The number of ether oxygens (including phenoxy) is 1. The van der Waals surface area contributed by atoms with Crippen LogP contribution >= 0.6 is 0 Å². The Labute approximate surface area is 164 Å². The van der Waals surface area contributed by atoms with Crippen molar-refractivity contribution in [1.29, 1.82) is 0 Å². The van der Waals surface area contributed by atoms with Gasteiger partial charge in [-0.25, -0.2) is 0 Å². The van der Waals surface area contributed by atoms with Gasteiger partial charge in [0.15, 0.2) is 5.78 Å². The lowest BCUT2D eigenvalue weighted by atomic mass is 10.1. The zero-order valence-corrected chi connectivity index (χ0v) is 16.3. The summed E-state index contributed by atoms with van der Waals surface area (Å²) in [6.45, 7) is 2.30. The van der Waals surface area contributed by atoms with Crippen molar-refractivity contribution >= 4 is 16.6 Å². The largest absolute Gasteiger partial charge is 0.381 e. The number of methoxy groups -OCH3 is 1. The first-order chi connectivity index (χ1) is 13.6. The van der Waals surface area contributed by atoms with Crippen LogP contribution in [0.3, 0.4) is 0 Å². The summed E-state index contributed by atoms with van der Waals surface area (Å²) in [5.74, 6) is 0.198. The quantitative estimate of drug-likeness (QED) is 0.654. The van der Waals surface area contributed by atoms with Crippen LogP contribution in [0.5, 0.6) is 0 Å². The molecule has 0 saturated carbocycles. The second kappa shape index (κ2) is 8.16. The molecule has 1 saturated heterocycles. The number of fused-ring (bicyclic) bond motifs is 1. The summed E-state index contributed by atoms with van der Waals surface area (Å²) in [5, 5.41) is 6.20. The van der Waals surface area contributed by atoms with E-state index < -0.39 is 0 Å². The molecule has 3 aromatic heterocycles. The van der Waals surface area contributed by atoms with Gasteiger partial charge in [0.25, 0.3) is 0 Å². The Morgan fingerprint density at radius 2 is 1.93 bits per heavy atom. The van der Waals surface area contributed by atoms with E-state index in [0.717, 1.165) is 53.7 Å². The van der Waals surface area contributed by atoms with E-state index in [-0.39, 0.29) is 5.78 Å². The van der Waals surface area contributed by atoms with E-state index in [9.17, 15) is 4.79 Å². The maximum atomic E-state index is 12.5. The monoisotopic (exact) mass is 379 g/mol. The van der Waals surface area contributed by atoms with Gasteiger partial charge in [-0.3, -0.25) is 24.3 Å². The number of pyridine rings is 2. The fourth-order valence-electron chi connectivity index (χ4n) is 3.70. The smallest absolute Gasteiger partial charge is 0.152 e. The van der Waals surface area contributed by atoms with Crippen LogP contribution in [-0.4, -0.2) is 63.3 Å². The Bertz CT molecular complexity index is 976. The summed E-state index contributed by atoms with van der Waals surface area (Å²) < 4.78 is 7.15. The molecule has 0 unspecified atom stereocenters. The van der Waals surface area contributed by atoms with Gasteiger partial charge in [0.2, 0.25) is 0 Å². The van der Waals surface area contributed by atoms with Crippen molar-refractivity contribution in [3.63, 3.8) is 0 Å². The number of ketones is 1. The molecule has 0 radical (unpaired) electrons. The molecule has 146 valence electrons. The van der Waals surface area contributed by atoms with Gasteiger partial charge in [0.1, 0.15) is 0 Å². The second-order valence-corrected chi connectivity index (χ2v) is 7.42. The maximum absolute atomic E-state index is 12.5. The molecule has 0 atom stereocenters. The molecule has 4 rings (SSSR count). The predicted molar refractivity (Wildman–Crippen MR) is 107 cm³/mol. The van der Waals surface area contributed by atoms with Crippen molar-refractivity contribution in [2.24, 2.45) is 7.05 Å². The average molecular weight is 379 g/mol. The van der Waals surface area contributed by atoms with Gasteiger partial charge in [-0.2, -0.15) is 5.10 Å². The SMILES string of the molecule is COC1CCN(CC(=O)Cc2cc3cc(-c4cnn(C)c4)ncc3cn2)CC1. The van der Waals surface area contributed by atoms with E-state index in [1.807, 2.05) is 31.6 Å². The molecule has 7 nitrogen and oxygen atoms in total. The number of hydrogen-bond acceptors (Lipinski definition) is 6. The van der Waals surface area contributed by atoms with E-state index in [1.54, 1.807) is 24.2 Å². The summed E-state index contributed by atoms with van der Waals surface area (Å²) in [6.07, 6.45) is 10.0. The zero-order chi connectivity index (χ0) is 19.5. The fraction of sp³-hybridized carbons (Fsp3) is 0.429. The highest BCUT2D eigenvalue weighted by Gasteiger charge is 2.20. The van der Waals surface area contributed by atoms with Crippen LogP contribution in [0.15, 0.2) is 36.9 Å². The molecule has 1 aliphatic heterocycles. The number of carbonyl (C=O) groups excluding carboxylic acids is 1. The number of piperidine rings is 1. The number of hydrogen-bond donors (Lipinski definition) is 0. The van der Waals surface area contributed by atoms with Gasteiger partial charge in [0.05, 0.1) is 31.0 Å². The molecule has 7 heteroatoms. The summed E-state index contributed by atoms with van der Waals surface area (Å²) >= 11 is 0. The summed E-state index contributed by atoms with van der Waals surface area (Å²) in [6, 6.07) is 4.02. The van der Waals surface area contributed by atoms with Crippen molar-refractivity contribution in [1.82, 2.24) is 24.6 Å². The van der Waals surface area contributed by atoms with Gasteiger partial charge in [0, 0.05) is 62.5 Å². The number of carbonyl (C=O) groups is 1. The topological polar surface area (TPSA) is 73.1 Å². The lowest BCUT2D eigenvalue weighted by molar-refractivity contribution is -0.120. The number of rotatable bonds is 6. The summed E-state index contributed by atoms with van der Waals surface area (Å²) in [4.78, 5) is 23.7. The minimum absolute atomic E-state index is 0.198. The standard InChI is InChI=1S/C21H25N5O2/c1-25-13-17(12-24-25)21-8-15-7-18(22-10-16(15)11-23-21)9-19(27)14-26-5-3-20(28-2)4-6-26/h7-8,10-13,20H,3-6,9,14H2,1-2H3. The Balaban J connectivity index is 1.44. The highest BCUT2D eigenvalue weighted by Crippen LogP contribution is 2.22. The molecule has 4 heterocycles. The minimum Gasteiger partial charge on any atom is -0.381 e. The normalized spacial score (nSPS) is 15.9. The first-order valence-electron chi connectivity index (χ1n) is 9.61. The molecule has 1 fully saturated rings. The molecule has 3 aromatic rings. The Hall–Kier alpha value is -2.64. The molecule has 0 bridgehead atoms. The van der Waals surface area contributed by atoms with Crippen molar-refractivity contribution in [2.75, 3.05) is 26.7 Å². The third kappa shape index (κ3) is 4.26. The maximum Gasteiger partial charge on any atom is 0.152 e. The van der Waals surface area contributed by atoms with E-state index in [1.165, 1.54) is 0 Å². The number of aromatic nitrogens is 4. The van der Waals surface area contributed by atoms with Crippen molar-refractivity contribution < 1.29 is 9.53 Å². The van der Waals surface area contributed by atoms with Crippen LogP contribution in [0.2, 0.25) is 0 Å². The van der Waals surface area contributed by atoms with E-state index in [4.69, 9.17) is 4.74 Å². The number of nitrogens with zero attached hydrogens (tertiary/aromatic N) is 5. The lowest BCUT2D eigenvalue weighted by Crippen LogP contribution is -2.39. The molecule has 0 aromatic carbocycles. The van der Waals surface area contributed by atoms with Gasteiger partial charge in [-0.15, -0.1) is 0 Å². The average Bonchev–Trinajstić information content (AvgIpc) is 3.14. The van der Waals surface area contributed by atoms with E-state index >= 15 is 0 Å². The fourth-order valence-corrected chi connectivity index (χ4v) is 3.70. The van der Waals surface area contributed by atoms with E-state index in [2.05, 4.69) is 20.0 Å². The first-order valence-corrected chi connectivity index (χ1v) is 9.61. The van der Waals surface area contributed by atoms with Crippen molar-refractivity contribution in [2.45, 2.75) is 25.4 Å². The van der Waals surface area contributed by atoms with Crippen molar-refractivity contribution in [3.05, 3.63) is 42.6 Å². The molecule has 28 heavy (non-hydrogen) atoms. The van der Waals surface area contributed by atoms with Crippen molar-refractivity contribution in [3.8, 4) is 11.3 Å². The Morgan fingerprint density at radius 1 is 1.14 bits per heavy atom. The van der Waals surface area contributed by atoms with Crippen LogP contribution in [0, 0.1) is 0 Å². The lowest BCUT2D eigenvalue weighted by Gasteiger charge is -2.30. The minimum atomic E-state index is 0.198. The molecule has 0 spiro atoms. The Morgan fingerprint density at radius 3 is 2.64 bits per heavy atom. The third-order valence-electron chi connectivity index (χ3n) is 5.31. The number of Topliss-reactive ketones (excluding diaryl/α,β-unsaturated/α-hetero) is 1. The molecule has 1 aliphatic rings. The third-order valence-corrected chi connectivity index (χ3v) is 5.31. The molecule has 0 N–H and O–H groups in total. The van der Waals surface area contributed by atoms with Crippen LogP contribution in [-0.2, 0) is 23.0 Å². The van der Waals surface area contributed by atoms with Gasteiger partial charge < -0.3 is 4.74 Å². The molecular formula is C21H25N5O2. The molecule has 0 aliphatic carbocycles. The summed E-state index contributed by atoms with van der Waals surface area (Å²) in [7, 11) is 3.64. The highest BCUT2D eigenvalue weighted by molar-refractivity contribution is 5.87.